The SMILES string of the molecule is CN1CC(C(=O)Nc2nnc(C(C)(C)C)s2)CC1=O. The number of hydrogen-bond donors (Lipinski definition) is 1. The van der Waals surface area contributed by atoms with Crippen LogP contribution in [0, 0.1) is 5.92 Å². The van der Waals surface area contributed by atoms with E-state index in [0.717, 1.165) is 5.01 Å². The fourth-order valence-corrected chi connectivity index (χ4v) is 2.63. The highest BCUT2D eigenvalue weighted by Gasteiger charge is 2.32. The fourth-order valence-electron chi connectivity index (χ4n) is 1.82. The molecule has 2 heterocycles. The highest BCUT2D eigenvalue weighted by atomic mass is 32.1. The van der Waals surface area contributed by atoms with E-state index in [1.54, 1.807) is 11.9 Å². The highest BCUT2D eigenvalue weighted by Crippen LogP contribution is 2.28. The van der Waals surface area contributed by atoms with Crippen LogP contribution < -0.4 is 5.32 Å². The standard InChI is InChI=1S/C12H18N4O2S/c1-12(2,3)10-14-15-11(19-10)13-9(18)7-5-8(17)16(4)6-7/h7H,5-6H2,1-4H3,(H,13,15,18). The molecule has 6 nitrogen and oxygen atoms in total. The van der Waals surface area contributed by atoms with Crippen LogP contribution in [0.5, 0.6) is 0 Å². The van der Waals surface area contributed by atoms with E-state index in [4.69, 9.17) is 0 Å². The van der Waals surface area contributed by atoms with Crippen molar-refractivity contribution >= 4 is 28.3 Å². The lowest BCUT2D eigenvalue weighted by Crippen LogP contribution is -2.25. The molecule has 0 spiro atoms. The van der Waals surface area contributed by atoms with Crippen LogP contribution in [-0.4, -0.2) is 40.5 Å². The maximum absolute atomic E-state index is 12.0. The van der Waals surface area contributed by atoms with Gasteiger partial charge in [0.15, 0.2) is 0 Å². The Morgan fingerprint density at radius 1 is 1.42 bits per heavy atom. The van der Waals surface area contributed by atoms with Gasteiger partial charge in [-0.2, -0.15) is 0 Å². The molecule has 0 aliphatic carbocycles. The molecule has 0 bridgehead atoms. The van der Waals surface area contributed by atoms with Crippen molar-refractivity contribution in [3.05, 3.63) is 5.01 Å². The molecular formula is C12H18N4O2S. The lowest BCUT2D eigenvalue weighted by atomic mass is 9.98. The molecular weight excluding hydrogens is 264 g/mol. The minimum absolute atomic E-state index is 0.00722. The molecule has 1 unspecified atom stereocenters. The van der Waals surface area contributed by atoms with Gasteiger partial charge in [0, 0.05) is 25.4 Å². The zero-order valence-corrected chi connectivity index (χ0v) is 12.4. The Hall–Kier alpha value is -1.50. The summed E-state index contributed by atoms with van der Waals surface area (Å²) in [7, 11) is 1.71. The summed E-state index contributed by atoms with van der Waals surface area (Å²) < 4.78 is 0. The third kappa shape index (κ3) is 3.09. The molecule has 1 aromatic heterocycles. The second-order valence-electron chi connectivity index (χ2n) is 5.83. The summed E-state index contributed by atoms with van der Waals surface area (Å²) >= 11 is 1.38. The first-order valence-electron chi connectivity index (χ1n) is 6.16. The second-order valence-corrected chi connectivity index (χ2v) is 6.80. The molecule has 0 saturated carbocycles. The summed E-state index contributed by atoms with van der Waals surface area (Å²) in [6.45, 7) is 6.60. The van der Waals surface area contributed by atoms with Crippen LogP contribution in [0.4, 0.5) is 5.13 Å². The van der Waals surface area contributed by atoms with Gasteiger partial charge in [-0.15, -0.1) is 10.2 Å². The molecule has 19 heavy (non-hydrogen) atoms. The summed E-state index contributed by atoms with van der Waals surface area (Å²) in [6.07, 6.45) is 0.271. The number of carbonyl (C=O) groups is 2. The number of carbonyl (C=O) groups excluding carboxylic acids is 2. The molecule has 1 N–H and O–H groups in total. The van der Waals surface area contributed by atoms with Gasteiger partial charge in [0.05, 0.1) is 5.92 Å². The van der Waals surface area contributed by atoms with Gasteiger partial charge < -0.3 is 10.2 Å². The maximum atomic E-state index is 12.0. The summed E-state index contributed by atoms with van der Waals surface area (Å²) in [5.74, 6) is -0.443. The molecule has 2 amide bonds. The van der Waals surface area contributed by atoms with Gasteiger partial charge in [-0.25, -0.2) is 0 Å². The second kappa shape index (κ2) is 4.88. The third-order valence-electron chi connectivity index (χ3n) is 3.01. The predicted molar refractivity (Wildman–Crippen MR) is 73.0 cm³/mol. The van der Waals surface area contributed by atoms with Crippen molar-refractivity contribution in [2.45, 2.75) is 32.6 Å². The van der Waals surface area contributed by atoms with Gasteiger partial charge in [-0.1, -0.05) is 32.1 Å². The number of anilines is 1. The van der Waals surface area contributed by atoms with Crippen molar-refractivity contribution in [1.29, 1.82) is 0 Å². The fraction of sp³-hybridized carbons (Fsp3) is 0.667. The Balaban J connectivity index is 2.00. The van der Waals surface area contributed by atoms with Crippen LogP contribution >= 0.6 is 11.3 Å². The van der Waals surface area contributed by atoms with E-state index in [1.807, 2.05) is 20.8 Å². The normalized spacial score (nSPS) is 19.9. The Morgan fingerprint density at radius 3 is 2.58 bits per heavy atom. The molecule has 0 radical (unpaired) electrons. The van der Waals surface area contributed by atoms with Gasteiger partial charge in [-0.3, -0.25) is 9.59 Å². The Bertz CT molecular complexity index is 506. The van der Waals surface area contributed by atoms with Crippen molar-refractivity contribution in [2.75, 3.05) is 18.9 Å². The first kappa shape index (κ1) is 13.9. The topological polar surface area (TPSA) is 75.2 Å². The number of hydrogen-bond acceptors (Lipinski definition) is 5. The van der Waals surface area contributed by atoms with E-state index < -0.39 is 0 Å². The number of nitrogens with one attached hydrogen (secondary N) is 1. The minimum atomic E-state index is -0.292. The summed E-state index contributed by atoms with van der Waals surface area (Å²) in [6, 6.07) is 0. The zero-order valence-electron chi connectivity index (χ0n) is 11.6. The highest BCUT2D eigenvalue weighted by molar-refractivity contribution is 7.15. The van der Waals surface area contributed by atoms with Gasteiger partial charge in [-0.05, 0) is 0 Å². The summed E-state index contributed by atoms with van der Waals surface area (Å²) in [5, 5.41) is 12.2. The largest absolute Gasteiger partial charge is 0.345 e. The average Bonchev–Trinajstić information content (AvgIpc) is 2.86. The third-order valence-corrected chi connectivity index (χ3v) is 4.27. The van der Waals surface area contributed by atoms with Crippen molar-refractivity contribution in [3.63, 3.8) is 0 Å². The lowest BCUT2D eigenvalue weighted by molar-refractivity contribution is -0.127. The number of likely N-dealkylation sites (tertiary alicyclic amines) is 1. The average molecular weight is 282 g/mol. The van der Waals surface area contributed by atoms with Crippen LogP contribution in [0.3, 0.4) is 0 Å². The molecule has 1 aliphatic rings. The lowest BCUT2D eigenvalue weighted by Gasteiger charge is -2.12. The number of aromatic nitrogens is 2. The Morgan fingerprint density at radius 2 is 2.11 bits per heavy atom. The van der Waals surface area contributed by atoms with E-state index in [1.165, 1.54) is 11.3 Å². The number of amides is 2. The van der Waals surface area contributed by atoms with E-state index in [0.29, 0.717) is 11.7 Å². The van der Waals surface area contributed by atoms with Gasteiger partial charge in [0.1, 0.15) is 5.01 Å². The number of rotatable bonds is 2. The van der Waals surface area contributed by atoms with Gasteiger partial charge in [0.25, 0.3) is 0 Å². The van der Waals surface area contributed by atoms with Crippen LogP contribution in [0.15, 0.2) is 0 Å². The summed E-state index contributed by atoms with van der Waals surface area (Å²) in [5.41, 5.74) is -0.0792. The molecule has 1 fully saturated rings. The Kier molecular flexibility index (Phi) is 3.58. The molecule has 2 rings (SSSR count). The van der Waals surface area contributed by atoms with Crippen molar-refractivity contribution < 1.29 is 9.59 Å². The minimum Gasteiger partial charge on any atom is -0.345 e. The van der Waals surface area contributed by atoms with Crippen LogP contribution in [0.2, 0.25) is 0 Å². The Labute approximate surface area is 116 Å². The molecule has 1 atom stereocenters. The maximum Gasteiger partial charge on any atom is 0.231 e. The van der Waals surface area contributed by atoms with E-state index in [2.05, 4.69) is 15.5 Å². The predicted octanol–water partition coefficient (Wildman–Crippen LogP) is 1.25. The van der Waals surface area contributed by atoms with E-state index >= 15 is 0 Å². The van der Waals surface area contributed by atoms with E-state index in [9.17, 15) is 9.59 Å². The monoisotopic (exact) mass is 282 g/mol. The quantitative estimate of drug-likeness (QED) is 0.886. The van der Waals surface area contributed by atoms with E-state index in [-0.39, 0.29) is 29.6 Å². The van der Waals surface area contributed by atoms with Gasteiger partial charge >= 0.3 is 0 Å². The molecule has 7 heteroatoms. The molecule has 0 aromatic carbocycles. The summed E-state index contributed by atoms with van der Waals surface area (Å²) in [4.78, 5) is 25.0. The van der Waals surface area contributed by atoms with Crippen molar-refractivity contribution in [2.24, 2.45) is 5.92 Å². The molecule has 1 saturated heterocycles. The molecule has 1 aromatic rings. The first-order valence-corrected chi connectivity index (χ1v) is 6.98. The van der Waals surface area contributed by atoms with Crippen LogP contribution in [-0.2, 0) is 15.0 Å². The zero-order chi connectivity index (χ0) is 14.2. The van der Waals surface area contributed by atoms with Gasteiger partial charge in [0.2, 0.25) is 16.9 Å². The van der Waals surface area contributed by atoms with Crippen LogP contribution in [0.25, 0.3) is 0 Å². The molecule has 104 valence electrons. The smallest absolute Gasteiger partial charge is 0.231 e. The van der Waals surface area contributed by atoms with Crippen molar-refractivity contribution in [3.8, 4) is 0 Å². The van der Waals surface area contributed by atoms with Crippen LogP contribution in [0.1, 0.15) is 32.2 Å². The van der Waals surface area contributed by atoms with Crippen molar-refractivity contribution in [1.82, 2.24) is 15.1 Å². The number of nitrogens with zero attached hydrogens (tertiary/aromatic N) is 3. The molecule has 1 aliphatic heterocycles. The first-order chi connectivity index (χ1) is 8.77.